The molecule has 1 saturated heterocycles. The number of amides is 1. The van der Waals surface area contributed by atoms with Gasteiger partial charge in [0.15, 0.2) is 0 Å². The summed E-state index contributed by atoms with van der Waals surface area (Å²) in [4.78, 5) is 15.8. The molecule has 1 N–H and O–H groups in total. The van der Waals surface area contributed by atoms with E-state index < -0.39 is 5.82 Å². The topological polar surface area (TPSA) is 61.6 Å². The van der Waals surface area contributed by atoms with Crippen LogP contribution in [0.2, 0.25) is 0 Å². The lowest BCUT2D eigenvalue weighted by atomic mass is 10.0. The van der Waals surface area contributed by atoms with Gasteiger partial charge in [-0.25, -0.2) is 4.39 Å². The first kappa shape index (κ1) is 18.0. The molecule has 1 aromatic heterocycles. The van der Waals surface area contributed by atoms with Crippen molar-refractivity contribution in [3.8, 4) is 16.9 Å². The third-order valence-electron chi connectivity index (χ3n) is 5.15. The van der Waals surface area contributed by atoms with E-state index in [9.17, 15) is 14.3 Å². The number of hydrogen-bond donors (Lipinski definition) is 1. The number of carbonyl (C=O) groups is 1. The molecule has 144 valence electrons. The third kappa shape index (κ3) is 2.98. The predicted octanol–water partition coefficient (Wildman–Crippen LogP) is 2.92. The average Bonchev–Trinajstić information content (AvgIpc) is 3.02. The van der Waals surface area contributed by atoms with E-state index in [-0.39, 0.29) is 17.2 Å². The maximum absolute atomic E-state index is 14.2. The predicted molar refractivity (Wildman–Crippen MR) is 107 cm³/mol. The molecule has 1 aliphatic heterocycles. The van der Waals surface area contributed by atoms with Crippen LogP contribution in [0.4, 0.5) is 10.2 Å². The standard InChI is InChI=1S/C21H21FN4O2/c1-3-19(28)25-9-11-26(12-10-25)21-15-8-7-14(13-17(15)23-24(21)2)20-16(22)5-4-6-18(20)27/h3-8,13,27H,1,9-12H2,2H3. The van der Waals surface area contributed by atoms with Crippen LogP contribution >= 0.6 is 0 Å². The van der Waals surface area contributed by atoms with Gasteiger partial charge >= 0.3 is 0 Å². The molecule has 1 fully saturated rings. The molecule has 0 bridgehead atoms. The van der Waals surface area contributed by atoms with E-state index in [4.69, 9.17) is 0 Å². The van der Waals surface area contributed by atoms with E-state index in [1.54, 1.807) is 21.7 Å². The number of phenolic OH excluding ortho intramolecular Hbond substituents is 1. The fourth-order valence-corrected chi connectivity index (χ4v) is 3.78. The average molecular weight is 380 g/mol. The third-order valence-corrected chi connectivity index (χ3v) is 5.15. The van der Waals surface area contributed by atoms with Crippen LogP contribution in [-0.4, -0.2) is 51.9 Å². The lowest BCUT2D eigenvalue weighted by Crippen LogP contribution is -2.48. The molecule has 0 aliphatic carbocycles. The Morgan fingerprint density at radius 3 is 2.64 bits per heavy atom. The fraction of sp³-hybridized carbons (Fsp3) is 0.238. The van der Waals surface area contributed by atoms with Crippen molar-refractivity contribution >= 4 is 22.6 Å². The zero-order chi connectivity index (χ0) is 19.8. The van der Waals surface area contributed by atoms with E-state index >= 15 is 0 Å². The second-order valence-corrected chi connectivity index (χ2v) is 6.83. The zero-order valence-corrected chi connectivity index (χ0v) is 15.6. The highest BCUT2D eigenvalue weighted by Gasteiger charge is 2.24. The quantitative estimate of drug-likeness (QED) is 0.710. The van der Waals surface area contributed by atoms with Crippen molar-refractivity contribution < 1.29 is 14.3 Å². The highest BCUT2D eigenvalue weighted by molar-refractivity contribution is 5.94. The number of aromatic nitrogens is 2. The van der Waals surface area contributed by atoms with Gasteiger partial charge in [-0.3, -0.25) is 9.48 Å². The molecule has 4 rings (SSSR count). The summed E-state index contributed by atoms with van der Waals surface area (Å²) in [5, 5.41) is 15.6. The molecule has 2 heterocycles. The maximum atomic E-state index is 14.2. The van der Waals surface area contributed by atoms with Gasteiger partial charge in [-0.2, -0.15) is 5.10 Å². The minimum atomic E-state index is -0.474. The summed E-state index contributed by atoms with van der Waals surface area (Å²) < 4.78 is 16.0. The van der Waals surface area contributed by atoms with E-state index in [0.29, 0.717) is 31.7 Å². The number of halogens is 1. The Bertz CT molecular complexity index is 1050. The fourth-order valence-electron chi connectivity index (χ4n) is 3.78. The van der Waals surface area contributed by atoms with Crippen LogP contribution in [0.3, 0.4) is 0 Å². The Kier molecular flexibility index (Phi) is 4.50. The van der Waals surface area contributed by atoms with Crippen LogP contribution in [-0.2, 0) is 11.8 Å². The van der Waals surface area contributed by atoms with E-state index in [1.807, 2.05) is 13.1 Å². The Morgan fingerprint density at radius 1 is 1.21 bits per heavy atom. The maximum Gasteiger partial charge on any atom is 0.246 e. The first-order valence-corrected chi connectivity index (χ1v) is 9.10. The van der Waals surface area contributed by atoms with Gasteiger partial charge in [-0.15, -0.1) is 0 Å². The molecule has 0 radical (unpaired) electrons. The number of benzene rings is 2. The molecule has 2 aromatic carbocycles. The number of anilines is 1. The summed E-state index contributed by atoms with van der Waals surface area (Å²) in [6, 6.07) is 9.75. The number of hydrogen-bond acceptors (Lipinski definition) is 4. The van der Waals surface area contributed by atoms with Crippen molar-refractivity contribution in [2.75, 3.05) is 31.1 Å². The minimum Gasteiger partial charge on any atom is -0.507 e. The largest absolute Gasteiger partial charge is 0.507 e. The number of phenols is 1. The molecule has 7 heteroatoms. The summed E-state index contributed by atoms with van der Waals surface area (Å²) >= 11 is 0. The molecule has 28 heavy (non-hydrogen) atoms. The summed E-state index contributed by atoms with van der Waals surface area (Å²) in [5.74, 6) is 0.339. The lowest BCUT2D eigenvalue weighted by Gasteiger charge is -2.35. The van der Waals surface area contributed by atoms with Crippen molar-refractivity contribution in [2.45, 2.75) is 0 Å². The zero-order valence-electron chi connectivity index (χ0n) is 15.6. The van der Waals surface area contributed by atoms with Gasteiger partial charge in [-0.05, 0) is 35.9 Å². The Hall–Kier alpha value is -3.35. The Morgan fingerprint density at radius 2 is 1.96 bits per heavy atom. The summed E-state index contributed by atoms with van der Waals surface area (Å²) in [5.41, 5.74) is 1.48. The normalized spacial score (nSPS) is 14.5. The molecule has 0 saturated carbocycles. The number of piperazine rings is 1. The smallest absolute Gasteiger partial charge is 0.246 e. The number of aromatic hydroxyl groups is 1. The van der Waals surface area contributed by atoms with Crippen molar-refractivity contribution in [2.24, 2.45) is 7.05 Å². The van der Waals surface area contributed by atoms with Crippen LogP contribution < -0.4 is 4.90 Å². The number of fused-ring (bicyclic) bond motifs is 1. The van der Waals surface area contributed by atoms with Gasteiger partial charge in [0.05, 0.1) is 11.1 Å². The van der Waals surface area contributed by atoms with Crippen molar-refractivity contribution in [1.82, 2.24) is 14.7 Å². The van der Waals surface area contributed by atoms with E-state index in [1.165, 1.54) is 24.3 Å². The molecule has 1 aliphatic rings. The van der Waals surface area contributed by atoms with Gasteiger partial charge < -0.3 is 14.9 Å². The number of nitrogens with zero attached hydrogens (tertiary/aromatic N) is 4. The van der Waals surface area contributed by atoms with Gasteiger partial charge in [-0.1, -0.05) is 18.7 Å². The number of aryl methyl sites for hydroxylation is 1. The lowest BCUT2D eigenvalue weighted by molar-refractivity contribution is -0.126. The van der Waals surface area contributed by atoms with Crippen LogP contribution in [0.1, 0.15) is 0 Å². The summed E-state index contributed by atoms with van der Waals surface area (Å²) in [6.45, 7) is 6.19. The van der Waals surface area contributed by atoms with Crippen molar-refractivity contribution in [1.29, 1.82) is 0 Å². The minimum absolute atomic E-state index is 0.0520. The monoisotopic (exact) mass is 380 g/mol. The van der Waals surface area contributed by atoms with Gasteiger partial charge in [0.2, 0.25) is 5.91 Å². The van der Waals surface area contributed by atoms with Crippen LogP contribution in [0.25, 0.3) is 22.0 Å². The first-order valence-electron chi connectivity index (χ1n) is 9.10. The second-order valence-electron chi connectivity index (χ2n) is 6.83. The van der Waals surface area contributed by atoms with Gasteiger partial charge in [0.1, 0.15) is 17.4 Å². The Balaban J connectivity index is 1.68. The SMILES string of the molecule is C=CC(=O)N1CCN(c2c3ccc(-c4c(O)cccc4F)cc3nn2C)CC1. The van der Waals surface area contributed by atoms with Gasteiger partial charge in [0, 0.05) is 38.6 Å². The molecule has 6 nitrogen and oxygen atoms in total. The molecule has 0 atom stereocenters. The molecule has 1 amide bonds. The summed E-state index contributed by atoms with van der Waals surface area (Å²) in [7, 11) is 1.87. The van der Waals surface area contributed by atoms with Crippen LogP contribution in [0, 0.1) is 5.82 Å². The molecule has 3 aromatic rings. The Labute approximate surface area is 162 Å². The highest BCUT2D eigenvalue weighted by Crippen LogP contribution is 2.35. The summed E-state index contributed by atoms with van der Waals surface area (Å²) in [6.07, 6.45) is 1.34. The number of rotatable bonds is 3. The molecule has 0 unspecified atom stereocenters. The molecular weight excluding hydrogens is 359 g/mol. The van der Waals surface area contributed by atoms with Gasteiger partial charge in [0.25, 0.3) is 0 Å². The van der Waals surface area contributed by atoms with Crippen molar-refractivity contribution in [3.05, 3.63) is 54.9 Å². The van der Waals surface area contributed by atoms with Crippen LogP contribution in [0.5, 0.6) is 5.75 Å². The second kappa shape index (κ2) is 6.99. The van der Waals surface area contributed by atoms with E-state index in [2.05, 4.69) is 16.6 Å². The highest BCUT2D eigenvalue weighted by atomic mass is 19.1. The molecule has 0 spiro atoms. The first-order chi connectivity index (χ1) is 13.5. The number of carbonyl (C=O) groups excluding carboxylic acids is 1. The van der Waals surface area contributed by atoms with Crippen LogP contribution in [0.15, 0.2) is 49.1 Å². The van der Waals surface area contributed by atoms with Crippen molar-refractivity contribution in [3.63, 3.8) is 0 Å². The molecular formula is C21H21FN4O2. The van der Waals surface area contributed by atoms with E-state index in [0.717, 1.165) is 16.7 Å².